The molecule has 1 aromatic carbocycles. The minimum Gasteiger partial charge on any atom is -0.496 e. The normalized spacial score (nSPS) is 25.6. The lowest BCUT2D eigenvalue weighted by molar-refractivity contribution is -0.151. The maximum absolute atomic E-state index is 11.9. The molecule has 1 aromatic rings. The molecule has 0 aliphatic heterocycles. The summed E-state index contributed by atoms with van der Waals surface area (Å²) in [5, 5.41) is 10.4. The molecule has 0 bridgehead atoms. The van der Waals surface area contributed by atoms with Crippen LogP contribution in [0.25, 0.3) is 0 Å². The van der Waals surface area contributed by atoms with E-state index in [0.29, 0.717) is 17.4 Å². The van der Waals surface area contributed by atoms with E-state index in [1.807, 2.05) is 12.1 Å². The molecule has 1 aliphatic carbocycles. The second-order valence-corrected chi connectivity index (χ2v) is 6.51. The van der Waals surface area contributed by atoms with Crippen molar-refractivity contribution in [3.8, 4) is 5.75 Å². The van der Waals surface area contributed by atoms with E-state index in [1.165, 1.54) is 0 Å². The number of rotatable bonds is 5. The van der Waals surface area contributed by atoms with Crippen molar-refractivity contribution >= 4 is 17.6 Å². The van der Waals surface area contributed by atoms with Gasteiger partial charge in [0, 0.05) is 5.02 Å². The van der Waals surface area contributed by atoms with E-state index in [9.17, 15) is 9.90 Å². The predicted molar refractivity (Wildman–Crippen MR) is 84.0 cm³/mol. The van der Waals surface area contributed by atoms with Gasteiger partial charge in [0.15, 0.2) is 0 Å². The van der Waals surface area contributed by atoms with E-state index < -0.39 is 11.4 Å². The SMILES string of the molecule is CCC1CCC(Cc2cc(Cl)ccc2OC)(C(=O)O)CC1. The van der Waals surface area contributed by atoms with Crippen LogP contribution in [-0.4, -0.2) is 18.2 Å². The molecule has 0 heterocycles. The Morgan fingerprint density at radius 3 is 2.62 bits per heavy atom. The topological polar surface area (TPSA) is 46.5 Å². The fraction of sp³-hybridized carbons (Fsp3) is 0.588. The van der Waals surface area contributed by atoms with Gasteiger partial charge in [-0.2, -0.15) is 0 Å². The summed E-state index contributed by atoms with van der Waals surface area (Å²) in [5.41, 5.74) is 0.214. The molecule has 21 heavy (non-hydrogen) atoms. The van der Waals surface area contributed by atoms with Crippen LogP contribution in [0, 0.1) is 11.3 Å². The van der Waals surface area contributed by atoms with Crippen LogP contribution in [0.1, 0.15) is 44.6 Å². The summed E-state index contributed by atoms with van der Waals surface area (Å²) in [6.45, 7) is 2.18. The predicted octanol–water partition coefficient (Wildman–Crippen LogP) is 4.56. The number of ether oxygens (including phenoxy) is 1. The number of benzene rings is 1. The first kappa shape index (κ1) is 16.2. The Morgan fingerprint density at radius 2 is 2.10 bits per heavy atom. The molecule has 0 aromatic heterocycles. The Balaban J connectivity index is 2.25. The van der Waals surface area contributed by atoms with Gasteiger partial charge in [-0.1, -0.05) is 24.9 Å². The van der Waals surface area contributed by atoms with Crippen LogP contribution < -0.4 is 4.74 Å². The van der Waals surface area contributed by atoms with Crippen molar-refractivity contribution < 1.29 is 14.6 Å². The zero-order chi connectivity index (χ0) is 15.5. The molecular formula is C17H23ClO3. The second kappa shape index (κ2) is 6.69. The van der Waals surface area contributed by atoms with Crippen LogP contribution in [0.15, 0.2) is 18.2 Å². The summed E-state index contributed by atoms with van der Waals surface area (Å²) in [6.07, 6.45) is 5.07. The van der Waals surface area contributed by atoms with Crippen LogP contribution >= 0.6 is 11.6 Å². The van der Waals surface area contributed by atoms with Crippen molar-refractivity contribution in [1.82, 2.24) is 0 Å². The van der Waals surface area contributed by atoms with E-state index in [2.05, 4.69) is 6.92 Å². The van der Waals surface area contributed by atoms with Gasteiger partial charge in [0.2, 0.25) is 0 Å². The highest BCUT2D eigenvalue weighted by molar-refractivity contribution is 6.30. The van der Waals surface area contributed by atoms with Crippen molar-refractivity contribution in [3.05, 3.63) is 28.8 Å². The minimum absolute atomic E-state index is 0.489. The molecule has 2 rings (SSSR count). The van der Waals surface area contributed by atoms with Gasteiger partial charge in [-0.3, -0.25) is 4.79 Å². The highest BCUT2D eigenvalue weighted by Gasteiger charge is 2.42. The highest BCUT2D eigenvalue weighted by atomic mass is 35.5. The molecule has 0 amide bonds. The fourth-order valence-corrected chi connectivity index (χ4v) is 3.55. The number of aliphatic carboxylic acids is 1. The molecule has 1 saturated carbocycles. The average Bonchev–Trinajstić information content (AvgIpc) is 2.48. The molecular weight excluding hydrogens is 288 g/mol. The molecule has 0 unspecified atom stereocenters. The number of carboxylic acid groups (broad SMARTS) is 1. The molecule has 0 atom stereocenters. The van der Waals surface area contributed by atoms with Gasteiger partial charge in [0.1, 0.15) is 5.75 Å². The lowest BCUT2D eigenvalue weighted by Crippen LogP contribution is -2.37. The van der Waals surface area contributed by atoms with Crippen molar-refractivity contribution in [2.75, 3.05) is 7.11 Å². The van der Waals surface area contributed by atoms with Crippen molar-refractivity contribution in [3.63, 3.8) is 0 Å². The van der Waals surface area contributed by atoms with Gasteiger partial charge in [-0.05, 0) is 61.8 Å². The zero-order valence-corrected chi connectivity index (χ0v) is 13.4. The van der Waals surface area contributed by atoms with Crippen molar-refractivity contribution in [2.24, 2.45) is 11.3 Å². The van der Waals surface area contributed by atoms with E-state index in [4.69, 9.17) is 16.3 Å². The molecule has 1 N–H and O–H groups in total. The summed E-state index contributed by atoms with van der Waals surface area (Å²) in [6, 6.07) is 5.41. The van der Waals surface area contributed by atoms with Gasteiger partial charge in [0.25, 0.3) is 0 Å². The Hall–Kier alpha value is -1.22. The van der Waals surface area contributed by atoms with Gasteiger partial charge < -0.3 is 9.84 Å². The van der Waals surface area contributed by atoms with E-state index in [1.54, 1.807) is 13.2 Å². The average molecular weight is 311 g/mol. The molecule has 1 fully saturated rings. The van der Waals surface area contributed by atoms with Crippen LogP contribution in [0.4, 0.5) is 0 Å². The number of methoxy groups -OCH3 is 1. The maximum atomic E-state index is 11.9. The summed E-state index contributed by atoms with van der Waals surface area (Å²) in [7, 11) is 1.61. The Kier molecular flexibility index (Phi) is 5.15. The zero-order valence-electron chi connectivity index (χ0n) is 12.7. The second-order valence-electron chi connectivity index (χ2n) is 6.07. The Bertz CT molecular complexity index is 505. The summed E-state index contributed by atoms with van der Waals surface area (Å²) in [4.78, 5) is 11.9. The monoisotopic (exact) mass is 310 g/mol. The third-order valence-electron chi connectivity index (χ3n) is 4.86. The van der Waals surface area contributed by atoms with Crippen molar-refractivity contribution in [2.45, 2.75) is 45.4 Å². The van der Waals surface area contributed by atoms with Crippen LogP contribution in [0.3, 0.4) is 0 Å². The molecule has 3 nitrogen and oxygen atoms in total. The third kappa shape index (κ3) is 3.52. The molecule has 116 valence electrons. The van der Waals surface area contributed by atoms with E-state index >= 15 is 0 Å². The summed E-state index contributed by atoms with van der Waals surface area (Å²) >= 11 is 6.06. The molecule has 4 heteroatoms. The Labute approximate surface area is 131 Å². The lowest BCUT2D eigenvalue weighted by atomic mass is 9.67. The fourth-order valence-electron chi connectivity index (χ4n) is 3.35. The van der Waals surface area contributed by atoms with Crippen LogP contribution in [0.2, 0.25) is 5.02 Å². The molecule has 0 saturated heterocycles. The van der Waals surface area contributed by atoms with E-state index in [-0.39, 0.29) is 0 Å². The largest absolute Gasteiger partial charge is 0.496 e. The third-order valence-corrected chi connectivity index (χ3v) is 5.10. The first-order chi connectivity index (χ1) is 10.0. The maximum Gasteiger partial charge on any atom is 0.309 e. The van der Waals surface area contributed by atoms with Crippen LogP contribution in [0.5, 0.6) is 5.75 Å². The smallest absolute Gasteiger partial charge is 0.309 e. The number of carboxylic acids is 1. The molecule has 0 spiro atoms. The van der Waals surface area contributed by atoms with Crippen LogP contribution in [-0.2, 0) is 11.2 Å². The van der Waals surface area contributed by atoms with E-state index in [0.717, 1.165) is 43.4 Å². The summed E-state index contributed by atoms with van der Waals surface area (Å²) < 4.78 is 5.36. The molecule has 1 aliphatic rings. The first-order valence-electron chi connectivity index (χ1n) is 7.56. The standard InChI is InChI=1S/C17H23ClO3/c1-3-12-6-8-17(9-7-12,16(19)20)11-13-10-14(18)4-5-15(13)21-2/h4-5,10,12H,3,6-9,11H2,1-2H3,(H,19,20). The minimum atomic E-state index is -0.695. The van der Waals surface area contributed by atoms with Gasteiger partial charge >= 0.3 is 5.97 Å². The highest BCUT2D eigenvalue weighted by Crippen LogP contribution is 2.44. The summed E-state index contributed by atoms with van der Waals surface area (Å²) in [5.74, 6) is 0.690. The number of carbonyl (C=O) groups is 1. The first-order valence-corrected chi connectivity index (χ1v) is 7.94. The lowest BCUT2D eigenvalue weighted by Gasteiger charge is -2.37. The van der Waals surface area contributed by atoms with Crippen molar-refractivity contribution in [1.29, 1.82) is 0 Å². The van der Waals surface area contributed by atoms with Gasteiger partial charge in [0.05, 0.1) is 12.5 Å². The molecule has 0 radical (unpaired) electrons. The van der Waals surface area contributed by atoms with Gasteiger partial charge in [-0.15, -0.1) is 0 Å². The van der Waals surface area contributed by atoms with Gasteiger partial charge in [-0.25, -0.2) is 0 Å². The number of halogens is 1. The number of hydrogen-bond donors (Lipinski definition) is 1. The quantitative estimate of drug-likeness (QED) is 0.867. The Morgan fingerprint density at radius 1 is 1.43 bits per heavy atom. The number of hydrogen-bond acceptors (Lipinski definition) is 2.